The third kappa shape index (κ3) is 2.42. The SMILES string of the molecule is CC(C)CC(=O)C1=C(O)[C@@]2(O)[C@H](C[C@H]3C(C)(C)[C@@H](C(C)(C)O)C[C@]32O)C1=O. The van der Waals surface area contributed by atoms with Gasteiger partial charge >= 0.3 is 0 Å². The van der Waals surface area contributed by atoms with Crippen LogP contribution in [0.25, 0.3) is 0 Å². The first-order chi connectivity index (χ1) is 12.1. The Balaban J connectivity index is 2.10. The van der Waals surface area contributed by atoms with E-state index in [0.717, 1.165) is 0 Å². The van der Waals surface area contributed by atoms with E-state index in [1.54, 1.807) is 13.8 Å². The van der Waals surface area contributed by atoms with Gasteiger partial charge in [-0.05, 0) is 49.9 Å². The fourth-order valence-electron chi connectivity index (χ4n) is 6.25. The Morgan fingerprint density at radius 2 is 1.81 bits per heavy atom. The Bertz CT molecular complexity index is 727. The lowest BCUT2D eigenvalue weighted by atomic mass is 9.68. The van der Waals surface area contributed by atoms with E-state index < -0.39 is 51.4 Å². The molecule has 3 aliphatic carbocycles. The molecule has 0 unspecified atom stereocenters. The second-order valence-corrected chi connectivity index (χ2v) is 10.4. The van der Waals surface area contributed by atoms with Crippen LogP contribution in [0.2, 0.25) is 0 Å². The van der Waals surface area contributed by atoms with E-state index >= 15 is 0 Å². The summed E-state index contributed by atoms with van der Waals surface area (Å²) in [6.07, 6.45) is 0.311. The Kier molecular flexibility index (Phi) is 4.28. The van der Waals surface area contributed by atoms with E-state index in [-0.39, 0.29) is 36.7 Å². The van der Waals surface area contributed by atoms with Gasteiger partial charge in [-0.2, -0.15) is 0 Å². The minimum absolute atomic E-state index is 0.00139. The number of Topliss-reactive ketones (excluding diaryl/α,β-unsaturated/α-hetero) is 2. The van der Waals surface area contributed by atoms with Gasteiger partial charge < -0.3 is 20.4 Å². The van der Waals surface area contributed by atoms with Crippen LogP contribution in [-0.2, 0) is 9.59 Å². The summed E-state index contributed by atoms with van der Waals surface area (Å²) in [4.78, 5) is 25.5. The molecule has 3 aliphatic rings. The normalized spacial score (nSPS) is 40.7. The summed E-state index contributed by atoms with van der Waals surface area (Å²) >= 11 is 0. The highest BCUT2D eigenvalue weighted by Gasteiger charge is 2.78. The molecule has 0 bridgehead atoms. The third-order valence-electron chi connectivity index (χ3n) is 7.41. The van der Waals surface area contributed by atoms with Crippen molar-refractivity contribution in [2.75, 3.05) is 0 Å². The van der Waals surface area contributed by atoms with Crippen molar-refractivity contribution in [3.8, 4) is 0 Å². The summed E-state index contributed by atoms with van der Waals surface area (Å²) in [5, 5.41) is 44.5. The summed E-state index contributed by atoms with van der Waals surface area (Å²) in [6.45, 7) is 10.8. The van der Waals surface area contributed by atoms with Crippen LogP contribution in [0.15, 0.2) is 11.3 Å². The molecular formula is C21H32O6. The lowest BCUT2D eigenvalue weighted by molar-refractivity contribution is -0.157. The number of aliphatic hydroxyl groups is 4. The van der Waals surface area contributed by atoms with Crippen LogP contribution in [-0.4, -0.2) is 48.8 Å². The molecule has 0 aromatic carbocycles. The summed E-state index contributed by atoms with van der Waals surface area (Å²) < 4.78 is 0. The molecule has 0 aromatic rings. The predicted molar refractivity (Wildman–Crippen MR) is 98.8 cm³/mol. The second kappa shape index (κ2) is 5.65. The number of carbonyl (C=O) groups is 2. The van der Waals surface area contributed by atoms with Gasteiger partial charge in [-0.15, -0.1) is 0 Å². The van der Waals surface area contributed by atoms with Crippen LogP contribution in [0.5, 0.6) is 0 Å². The first-order valence-corrected chi connectivity index (χ1v) is 9.78. The van der Waals surface area contributed by atoms with Gasteiger partial charge in [0.2, 0.25) is 0 Å². The monoisotopic (exact) mass is 380 g/mol. The molecule has 27 heavy (non-hydrogen) atoms. The molecule has 152 valence electrons. The lowest BCUT2D eigenvalue weighted by Crippen LogP contribution is -2.55. The van der Waals surface area contributed by atoms with Crippen molar-refractivity contribution in [3.63, 3.8) is 0 Å². The van der Waals surface area contributed by atoms with Crippen LogP contribution in [0.4, 0.5) is 0 Å². The van der Waals surface area contributed by atoms with Crippen molar-refractivity contribution < 1.29 is 30.0 Å². The van der Waals surface area contributed by atoms with E-state index in [2.05, 4.69) is 0 Å². The van der Waals surface area contributed by atoms with E-state index in [9.17, 15) is 30.0 Å². The highest BCUT2D eigenvalue weighted by molar-refractivity contribution is 6.24. The highest BCUT2D eigenvalue weighted by Crippen LogP contribution is 2.69. The summed E-state index contributed by atoms with van der Waals surface area (Å²) in [5.74, 6) is -3.60. The molecule has 2 saturated carbocycles. The molecule has 5 atom stereocenters. The average molecular weight is 380 g/mol. The topological polar surface area (TPSA) is 115 Å². The Labute approximate surface area is 160 Å². The number of hydrogen-bond donors (Lipinski definition) is 4. The summed E-state index contributed by atoms with van der Waals surface area (Å²) in [5.41, 5.74) is -5.96. The maximum absolute atomic E-state index is 12.9. The van der Waals surface area contributed by atoms with Gasteiger partial charge in [-0.3, -0.25) is 9.59 Å². The molecule has 6 nitrogen and oxygen atoms in total. The Morgan fingerprint density at radius 3 is 2.30 bits per heavy atom. The molecular weight excluding hydrogens is 348 g/mol. The molecule has 0 spiro atoms. The van der Waals surface area contributed by atoms with Crippen LogP contribution in [0.1, 0.15) is 60.8 Å². The average Bonchev–Trinajstić information content (AvgIpc) is 2.93. The van der Waals surface area contributed by atoms with Crippen LogP contribution in [0, 0.1) is 29.1 Å². The minimum atomic E-state index is -2.17. The van der Waals surface area contributed by atoms with Gasteiger partial charge in [-0.25, -0.2) is 0 Å². The van der Waals surface area contributed by atoms with Crippen molar-refractivity contribution in [1.29, 1.82) is 0 Å². The van der Waals surface area contributed by atoms with Crippen molar-refractivity contribution >= 4 is 11.6 Å². The Hall–Kier alpha value is -1.24. The third-order valence-corrected chi connectivity index (χ3v) is 7.41. The second-order valence-electron chi connectivity index (χ2n) is 10.4. The maximum Gasteiger partial charge on any atom is 0.176 e. The molecule has 0 radical (unpaired) electrons. The number of ketones is 2. The molecule has 2 fully saturated rings. The van der Waals surface area contributed by atoms with Crippen molar-refractivity contribution in [3.05, 3.63) is 11.3 Å². The van der Waals surface area contributed by atoms with Gasteiger partial charge in [-0.1, -0.05) is 27.7 Å². The highest BCUT2D eigenvalue weighted by atomic mass is 16.4. The first-order valence-electron chi connectivity index (χ1n) is 9.78. The van der Waals surface area contributed by atoms with Gasteiger partial charge in [0.05, 0.1) is 11.5 Å². The fourth-order valence-corrected chi connectivity index (χ4v) is 6.25. The number of carbonyl (C=O) groups excluding carboxylic acids is 2. The van der Waals surface area contributed by atoms with E-state index in [0.29, 0.717) is 0 Å². The number of aliphatic hydroxyl groups excluding tert-OH is 1. The van der Waals surface area contributed by atoms with E-state index in [1.807, 2.05) is 27.7 Å². The van der Waals surface area contributed by atoms with Crippen molar-refractivity contribution in [2.45, 2.75) is 77.6 Å². The fraction of sp³-hybridized carbons (Fsp3) is 0.810. The minimum Gasteiger partial charge on any atom is -0.508 e. The number of allylic oxidation sites excluding steroid dienone is 1. The van der Waals surface area contributed by atoms with Gasteiger partial charge in [0.25, 0.3) is 0 Å². The quantitative estimate of drug-likeness (QED) is 0.554. The molecule has 3 rings (SSSR count). The number of hydrogen-bond acceptors (Lipinski definition) is 6. The standard InChI is InChI=1S/C21H32O6/c1-10(2)7-12(22)15-16(23)11-8-13-18(3,4)14(19(5,6)25)9-20(13,26)21(11,27)17(15)24/h10-11,13-14,24-27H,7-9H2,1-6H3/t11-,13+,14+,20+,21+/m1/s1. The molecule has 0 heterocycles. The van der Waals surface area contributed by atoms with Crippen molar-refractivity contribution in [1.82, 2.24) is 0 Å². The zero-order chi connectivity index (χ0) is 20.7. The van der Waals surface area contributed by atoms with Crippen LogP contribution >= 0.6 is 0 Å². The van der Waals surface area contributed by atoms with Crippen LogP contribution < -0.4 is 0 Å². The Morgan fingerprint density at radius 1 is 1.26 bits per heavy atom. The zero-order valence-electron chi connectivity index (χ0n) is 17.0. The molecule has 4 N–H and O–H groups in total. The molecule has 0 aliphatic heterocycles. The summed E-state index contributed by atoms with van der Waals surface area (Å²) in [6, 6.07) is 0. The van der Waals surface area contributed by atoms with Gasteiger partial charge in [0.15, 0.2) is 17.2 Å². The number of rotatable bonds is 4. The van der Waals surface area contributed by atoms with Crippen LogP contribution in [0.3, 0.4) is 0 Å². The van der Waals surface area contributed by atoms with E-state index in [1.165, 1.54) is 0 Å². The maximum atomic E-state index is 12.9. The first kappa shape index (κ1) is 20.5. The molecule has 0 aromatic heterocycles. The van der Waals surface area contributed by atoms with Gasteiger partial charge in [0.1, 0.15) is 16.9 Å². The van der Waals surface area contributed by atoms with E-state index in [4.69, 9.17) is 0 Å². The zero-order valence-corrected chi connectivity index (χ0v) is 17.0. The largest absolute Gasteiger partial charge is 0.508 e. The molecule has 0 saturated heterocycles. The smallest absolute Gasteiger partial charge is 0.176 e. The predicted octanol–water partition coefficient (Wildman–Crippen LogP) is 1.91. The molecule has 0 amide bonds. The number of fused-ring (bicyclic) bond motifs is 3. The van der Waals surface area contributed by atoms with Crippen molar-refractivity contribution in [2.24, 2.45) is 29.1 Å². The summed E-state index contributed by atoms with van der Waals surface area (Å²) in [7, 11) is 0. The lowest BCUT2D eigenvalue weighted by Gasteiger charge is -2.39. The van der Waals surface area contributed by atoms with Gasteiger partial charge in [0, 0.05) is 6.42 Å². The molecule has 6 heteroatoms.